The van der Waals surface area contributed by atoms with Crippen molar-refractivity contribution in [2.75, 3.05) is 18.1 Å². The molecule has 4 aromatic rings. The van der Waals surface area contributed by atoms with Crippen molar-refractivity contribution in [2.45, 2.75) is 39.7 Å². The van der Waals surface area contributed by atoms with Crippen LogP contribution < -0.4 is 9.47 Å². The van der Waals surface area contributed by atoms with Crippen molar-refractivity contribution in [3.63, 3.8) is 0 Å². The Morgan fingerprint density at radius 1 is 1.02 bits per heavy atom. The van der Waals surface area contributed by atoms with Gasteiger partial charge in [-0.2, -0.15) is 13.5 Å². The third-order valence-electron chi connectivity index (χ3n) is 7.24. The van der Waals surface area contributed by atoms with Gasteiger partial charge in [-0.1, -0.05) is 37.1 Å². The first kappa shape index (κ1) is 31.5. The van der Waals surface area contributed by atoms with E-state index in [-0.39, 0.29) is 42.8 Å². The SMILES string of the molecule is CC#C[C@@H](CC(=O)O)c1ccc(OCc2ccc3scc(-c4ccc(OCC5(C)CS(=O)(=O)C5)cc4C)c3c2)cc1.S. The first-order chi connectivity index (χ1) is 19.5. The molecule has 42 heavy (non-hydrogen) atoms. The van der Waals surface area contributed by atoms with Crippen molar-refractivity contribution in [3.05, 3.63) is 82.7 Å². The van der Waals surface area contributed by atoms with Gasteiger partial charge < -0.3 is 14.6 Å². The van der Waals surface area contributed by atoms with Gasteiger partial charge in [0.2, 0.25) is 0 Å². The molecule has 3 aromatic carbocycles. The van der Waals surface area contributed by atoms with Crippen LogP contribution in [0.5, 0.6) is 11.5 Å². The highest BCUT2D eigenvalue weighted by Crippen LogP contribution is 2.38. The molecule has 1 fully saturated rings. The van der Waals surface area contributed by atoms with Gasteiger partial charge in [0.25, 0.3) is 0 Å². The Morgan fingerprint density at radius 2 is 1.74 bits per heavy atom. The molecule has 9 heteroatoms. The van der Waals surface area contributed by atoms with Crippen LogP contribution in [-0.4, -0.2) is 37.6 Å². The number of sulfone groups is 1. The number of thiophene rings is 1. The second-order valence-corrected chi connectivity index (χ2v) is 14.0. The minimum Gasteiger partial charge on any atom is -0.493 e. The fourth-order valence-corrected chi connectivity index (χ4v) is 8.47. The zero-order chi connectivity index (χ0) is 29.2. The average molecular weight is 623 g/mol. The van der Waals surface area contributed by atoms with E-state index in [0.717, 1.165) is 39.0 Å². The molecule has 0 spiro atoms. The summed E-state index contributed by atoms with van der Waals surface area (Å²) in [5, 5.41) is 12.5. The van der Waals surface area contributed by atoms with Gasteiger partial charge in [-0.05, 0) is 77.9 Å². The van der Waals surface area contributed by atoms with E-state index in [2.05, 4.69) is 48.4 Å². The van der Waals surface area contributed by atoms with Crippen LogP contribution in [0.25, 0.3) is 21.2 Å². The highest BCUT2D eigenvalue weighted by molar-refractivity contribution is 7.92. The van der Waals surface area contributed by atoms with Crippen LogP contribution in [0, 0.1) is 24.2 Å². The van der Waals surface area contributed by atoms with E-state index in [1.165, 1.54) is 4.70 Å². The Hall–Kier alpha value is -3.45. The van der Waals surface area contributed by atoms with Gasteiger partial charge in [0.15, 0.2) is 9.84 Å². The fraction of sp³-hybridized carbons (Fsp3) is 0.303. The van der Waals surface area contributed by atoms with Gasteiger partial charge in [-0.25, -0.2) is 8.42 Å². The molecule has 0 unspecified atom stereocenters. The second kappa shape index (κ2) is 12.8. The maximum absolute atomic E-state index is 11.6. The molecule has 0 aliphatic carbocycles. The molecular weight excluding hydrogens is 589 g/mol. The summed E-state index contributed by atoms with van der Waals surface area (Å²) in [4.78, 5) is 11.2. The molecule has 1 saturated heterocycles. The normalized spacial score (nSPS) is 15.4. The first-order valence-electron chi connectivity index (χ1n) is 13.4. The summed E-state index contributed by atoms with van der Waals surface area (Å²) < 4.78 is 36.4. The molecule has 0 saturated carbocycles. The molecule has 0 radical (unpaired) electrons. The summed E-state index contributed by atoms with van der Waals surface area (Å²) in [7, 11) is -2.90. The van der Waals surface area contributed by atoms with Crippen LogP contribution in [0.15, 0.2) is 66.0 Å². The van der Waals surface area contributed by atoms with Crippen LogP contribution in [0.4, 0.5) is 0 Å². The lowest BCUT2D eigenvalue weighted by molar-refractivity contribution is -0.137. The van der Waals surface area contributed by atoms with Gasteiger partial charge in [0.05, 0.1) is 30.5 Å². The molecule has 1 N–H and O–H groups in total. The standard InChI is InChI=1S/C33H32O6S2.H2S/c1-4-5-25(16-32(34)35)24-7-9-26(10-8-24)38-17-23-6-13-31-29(15-23)30(18-40-31)28-12-11-27(14-22(28)2)39-19-33(3)20-41(36,37)21-33;/h6-15,18,25H,16-17,19-21H2,1-3H3,(H,34,35);1H2/t25-;/m0./s1. The quantitative estimate of drug-likeness (QED) is 0.192. The molecule has 0 amide bonds. The van der Waals surface area contributed by atoms with Gasteiger partial charge >= 0.3 is 5.97 Å². The van der Waals surface area contributed by atoms with Gasteiger partial charge in [-0.3, -0.25) is 4.79 Å². The number of aliphatic carboxylic acids is 1. The molecule has 0 bridgehead atoms. The molecule has 1 aromatic heterocycles. The first-order valence-corrected chi connectivity index (χ1v) is 16.1. The smallest absolute Gasteiger partial charge is 0.304 e. The van der Waals surface area contributed by atoms with E-state index in [1.54, 1.807) is 18.3 Å². The van der Waals surface area contributed by atoms with E-state index in [9.17, 15) is 18.3 Å². The Labute approximate surface area is 258 Å². The predicted molar refractivity (Wildman–Crippen MR) is 174 cm³/mol. The van der Waals surface area contributed by atoms with Crippen molar-refractivity contribution in [3.8, 4) is 34.5 Å². The second-order valence-electron chi connectivity index (χ2n) is 11.0. The van der Waals surface area contributed by atoms with Gasteiger partial charge in [0, 0.05) is 21.1 Å². The molecular formula is C33H34O6S3. The lowest BCUT2D eigenvalue weighted by Crippen LogP contribution is -2.50. The van der Waals surface area contributed by atoms with Crippen LogP contribution in [0.1, 0.15) is 42.9 Å². The number of carboxylic acid groups (broad SMARTS) is 1. The lowest BCUT2D eigenvalue weighted by atomic mass is 9.96. The summed E-state index contributed by atoms with van der Waals surface area (Å²) in [5.41, 5.74) is 4.95. The summed E-state index contributed by atoms with van der Waals surface area (Å²) in [5.74, 6) is 6.37. The van der Waals surface area contributed by atoms with E-state index >= 15 is 0 Å². The van der Waals surface area contributed by atoms with Crippen LogP contribution in [0.2, 0.25) is 0 Å². The average Bonchev–Trinajstić information content (AvgIpc) is 3.32. The van der Waals surface area contributed by atoms with Crippen molar-refractivity contribution in [1.29, 1.82) is 0 Å². The minimum atomic E-state index is -2.90. The lowest BCUT2D eigenvalue weighted by Gasteiger charge is -2.37. The number of aryl methyl sites for hydroxylation is 1. The minimum absolute atomic E-state index is 0. The molecule has 1 aliphatic rings. The van der Waals surface area contributed by atoms with E-state index in [0.29, 0.717) is 19.0 Å². The maximum atomic E-state index is 11.6. The number of benzene rings is 3. The van der Waals surface area contributed by atoms with E-state index in [1.807, 2.05) is 43.3 Å². The van der Waals surface area contributed by atoms with Crippen molar-refractivity contribution in [1.82, 2.24) is 0 Å². The topological polar surface area (TPSA) is 89.9 Å². The van der Waals surface area contributed by atoms with Crippen molar-refractivity contribution in [2.24, 2.45) is 5.41 Å². The zero-order valence-electron chi connectivity index (χ0n) is 23.8. The maximum Gasteiger partial charge on any atom is 0.304 e. The van der Waals surface area contributed by atoms with Crippen molar-refractivity contribution >= 4 is 50.7 Å². The summed E-state index contributed by atoms with van der Waals surface area (Å²) in [6.07, 6.45) is -0.0366. The third-order valence-corrected chi connectivity index (χ3v) is 10.5. The number of carbonyl (C=O) groups is 1. The summed E-state index contributed by atoms with van der Waals surface area (Å²) >= 11 is 1.70. The van der Waals surface area contributed by atoms with E-state index in [4.69, 9.17) is 9.47 Å². The van der Waals surface area contributed by atoms with Crippen LogP contribution in [-0.2, 0) is 21.2 Å². The number of hydrogen-bond donors (Lipinski definition) is 1. The highest BCUT2D eigenvalue weighted by atomic mass is 32.2. The number of rotatable bonds is 10. The highest BCUT2D eigenvalue weighted by Gasteiger charge is 2.45. The summed E-state index contributed by atoms with van der Waals surface area (Å²) in [6, 6.07) is 19.8. The molecule has 6 nitrogen and oxygen atoms in total. The third kappa shape index (κ3) is 7.30. The molecule has 5 rings (SSSR count). The Bertz CT molecular complexity index is 1750. The van der Waals surface area contributed by atoms with Crippen molar-refractivity contribution < 1.29 is 27.8 Å². The number of hydrogen-bond acceptors (Lipinski definition) is 6. The Morgan fingerprint density at radius 3 is 2.38 bits per heavy atom. The van der Waals surface area contributed by atoms with Gasteiger partial charge in [0.1, 0.15) is 18.1 Å². The molecule has 1 aliphatic heterocycles. The predicted octanol–water partition coefficient (Wildman–Crippen LogP) is 6.96. The monoisotopic (exact) mass is 622 g/mol. The number of fused-ring (bicyclic) bond motifs is 1. The number of carboxylic acids is 1. The molecule has 1 atom stereocenters. The fourth-order valence-electron chi connectivity index (χ4n) is 5.33. The van der Waals surface area contributed by atoms with Gasteiger partial charge in [-0.15, -0.1) is 17.3 Å². The number of ether oxygens (including phenoxy) is 2. The summed E-state index contributed by atoms with van der Waals surface area (Å²) in [6.45, 7) is 6.50. The zero-order valence-corrected chi connectivity index (χ0v) is 26.4. The molecule has 2 heterocycles. The Balaban J connectivity index is 0.00000405. The van der Waals surface area contributed by atoms with Crippen LogP contribution in [0.3, 0.4) is 0 Å². The molecule has 220 valence electrons. The van der Waals surface area contributed by atoms with E-state index < -0.39 is 15.8 Å². The largest absolute Gasteiger partial charge is 0.493 e. The van der Waals surface area contributed by atoms with Crippen LogP contribution >= 0.6 is 24.8 Å². The Kier molecular flexibility index (Phi) is 9.61.